The lowest BCUT2D eigenvalue weighted by Gasteiger charge is -2.14. The molecule has 158 valence electrons. The zero-order chi connectivity index (χ0) is 22.1. The number of nitrogens with one attached hydrogen (secondary N) is 2. The van der Waals surface area contributed by atoms with Crippen molar-refractivity contribution in [3.63, 3.8) is 0 Å². The van der Waals surface area contributed by atoms with Gasteiger partial charge in [0.15, 0.2) is 0 Å². The molecule has 2 amide bonds. The van der Waals surface area contributed by atoms with E-state index in [9.17, 15) is 35.9 Å². The Labute approximate surface area is 169 Å². The van der Waals surface area contributed by atoms with Crippen LogP contribution in [0, 0.1) is 0 Å². The fourth-order valence-corrected chi connectivity index (χ4v) is 3.59. The van der Waals surface area contributed by atoms with Gasteiger partial charge in [-0.3, -0.25) is 9.59 Å². The third kappa shape index (κ3) is 5.09. The Morgan fingerprint density at radius 3 is 2.00 bits per heavy atom. The van der Waals surface area contributed by atoms with Crippen LogP contribution >= 0.6 is 11.3 Å². The van der Waals surface area contributed by atoms with Gasteiger partial charge in [0.25, 0.3) is 0 Å². The molecule has 0 atom stereocenters. The molecule has 2 aromatic carbocycles. The number of amides is 2. The first-order chi connectivity index (χ1) is 13.9. The molecule has 3 rings (SSSR count). The lowest BCUT2D eigenvalue weighted by atomic mass is 10.1. The second-order valence-corrected chi connectivity index (χ2v) is 7.35. The van der Waals surface area contributed by atoms with Crippen molar-refractivity contribution < 1.29 is 35.9 Å². The third-order valence-corrected chi connectivity index (χ3v) is 5.07. The van der Waals surface area contributed by atoms with Crippen molar-refractivity contribution in [1.82, 2.24) is 5.32 Å². The van der Waals surface area contributed by atoms with Gasteiger partial charge >= 0.3 is 24.2 Å². The normalized spacial score (nSPS) is 12.1. The number of carbonyl (C=O) groups excluding carboxylic acids is 2. The summed E-state index contributed by atoms with van der Waals surface area (Å²) in [5, 5.41) is 5.00. The fraction of sp³-hybridized carbons (Fsp3) is 0.158. The van der Waals surface area contributed by atoms with E-state index in [1.54, 1.807) is 11.4 Å². The van der Waals surface area contributed by atoms with E-state index in [4.69, 9.17) is 0 Å². The number of fused-ring (bicyclic) bond motifs is 1. The minimum Gasteiger partial charge on any atom is -0.343 e. The van der Waals surface area contributed by atoms with Gasteiger partial charge in [-0.15, -0.1) is 11.3 Å². The Morgan fingerprint density at radius 1 is 0.833 bits per heavy atom. The highest BCUT2D eigenvalue weighted by molar-refractivity contribution is 7.19. The molecule has 2 N–H and O–H groups in total. The van der Waals surface area contributed by atoms with Gasteiger partial charge in [0.1, 0.15) is 0 Å². The lowest BCUT2D eigenvalue weighted by molar-refractivity contribution is -0.143. The molecular weight excluding hydrogens is 434 g/mol. The van der Waals surface area contributed by atoms with Crippen LogP contribution in [-0.4, -0.2) is 11.8 Å². The standard InChI is InChI=1S/C19H12F6N2O2S/c20-18(21,22)11-6-12(19(23,24)25)8-13(7-11)27-17(29)16(28)26-9-14-5-10-3-1-2-4-15(10)30-14/h1-8H,9H2,(H,26,28)(H,27,29). The van der Waals surface area contributed by atoms with E-state index in [-0.39, 0.29) is 12.6 Å². The molecule has 0 aliphatic carbocycles. The van der Waals surface area contributed by atoms with Crippen LogP contribution in [0.5, 0.6) is 0 Å². The summed E-state index contributed by atoms with van der Waals surface area (Å²) in [6.45, 7) is -0.0258. The Bertz CT molecular complexity index is 1040. The van der Waals surface area contributed by atoms with Gasteiger partial charge in [-0.25, -0.2) is 0 Å². The van der Waals surface area contributed by atoms with E-state index in [0.29, 0.717) is 12.1 Å². The molecule has 0 saturated heterocycles. The molecule has 0 fully saturated rings. The van der Waals surface area contributed by atoms with Gasteiger partial charge in [-0.1, -0.05) is 18.2 Å². The molecule has 0 radical (unpaired) electrons. The molecule has 1 heterocycles. The molecule has 30 heavy (non-hydrogen) atoms. The van der Waals surface area contributed by atoms with Crippen LogP contribution in [0.2, 0.25) is 0 Å². The number of hydrogen-bond acceptors (Lipinski definition) is 3. The quantitative estimate of drug-likeness (QED) is 0.430. The zero-order valence-corrected chi connectivity index (χ0v) is 15.6. The van der Waals surface area contributed by atoms with E-state index in [1.165, 1.54) is 11.3 Å². The van der Waals surface area contributed by atoms with Gasteiger partial charge in [-0.2, -0.15) is 26.3 Å². The molecular formula is C19H12F6N2O2S. The van der Waals surface area contributed by atoms with Crippen molar-refractivity contribution in [2.75, 3.05) is 5.32 Å². The van der Waals surface area contributed by atoms with Crippen LogP contribution in [0.1, 0.15) is 16.0 Å². The van der Waals surface area contributed by atoms with E-state index in [0.717, 1.165) is 15.0 Å². The summed E-state index contributed by atoms with van der Waals surface area (Å²) < 4.78 is 78.2. The summed E-state index contributed by atoms with van der Waals surface area (Å²) >= 11 is 1.37. The highest BCUT2D eigenvalue weighted by atomic mass is 32.1. The minimum absolute atomic E-state index is 0.0258. The Balaban J connectivity index is 1.71. The molecule has 4 nitrogen and oxygen atoms in total. The molecule has 3 aromatic rings. The largest absolute Gasteiger partial charge is 0.416 e. The molecule has 0 unspecified atom stereocenters. The summed E-state index contributed by atoms with van der Waals surface area (Å²) in [5.41, 5.74) is -3.99. The van der Waals surface area contributed by atoms with Gasteiger partial charge in [-0.05, 0) is 35.7 Å². The van der Waals surface area contributed by atoms with Crippen LogP contribution in [0.3, 0.4) is 0 Å². The van der Waals surface area contributed by atoms with E-state index in [1.807, 2.05) is 24.3 Å². The maximum absolute atomic E-state index is 12.9. The number of benzene rings is 2. The van der Waals surface area contributed by atoms with Crippen molar-refractivity contribution in [1.29, 1.82) is 0 Å². The molecule has 1 aromatic heterocycles. The SMILES string of the molecule is O=C(NCc1cc2ccccc2s1)C(=O)Nc1cc(C(F)(F)F)cc(C(F)(F)F)c1. The summed E-state index contributed by atoms with van der Waals surface area (Å²) in [5.74, 6) is -2.58. The van der Waals surface area contributed by atoms with Crippen molar-refractivity contribution in [2.24, 2.45) is 0 Å². The first kappa shape index (κ1) is 21.6. The highest BCUT2D eigenvalue weighted by Gasteiger charge is 2.37. The monoisotopic (exact) mass is 446 g/mol. The number of hydrogen-bond donors (Lipinski definition) is 2. The van der Waals surface area contributed by atoms with Crippen LogP contribution in [0.15, 0.2) is 48.5 Å². The smallest absolute Gasteiger partial charge is 0.343 e. The minimum atomic E-state index is -5.07. The maximum Gasteiger partial charge on any atom is 0.416 e. The van der Waals surface area contributed by atoms with Crippen LogP contribution < -0.4 is 10.6 Å². The van der Waals surface area contributed by atoms with E-state index < -0.39 is 41.0 Å². The summed E-state index contributed by atoms with van der Waals surface area (Å²) in [7, 11) is 0. The van der Waals surface area contributed by atoms with Crippen LogP contribution in [0.4, 0.5) is 32.0 Å². The number of rotatable bonds is 3. The number of carbonyl (C=O) groups is 2. The van der Waals surface area contributed by atoms with E-state index >= 15 is 0 Å². The van der Waals surface area contributed by atoms with Crippen molar-refractivity contribution in [2.45, 2.75) is 18.9 Å². The summed E-state index contributed by atoms with van der Waals surface area (Å²) in [6.07, 6.45) is -10.1. The Morgan fingerprint density at radius 2 is 1.43 bits per heavy atom. The van der Waals surface area contributed by atoms with Gasteiger partial charge < -0.3 is 10.6 Å². The number of anilines is 1. The van der Waals surface area contributed by atoms with Crippen molar-refractivity contribution in [3.8, 4) is 0 Å². The summed E-state index contributed by atoms with van der Waals surface area (Å²) in [4.78, 5) is 24.6. The zero-order valence-electron chi connectivity index (χ0n) is 14.8. The molecule has 0 spiro atoms. The molecule has 0 saturated carbocycles. The lowest BCUT2D eigenvalue weighted by Crippen LogP contribution is -2.34. The number of thiophene rings is 1. The Hall–Kier alpha value is -3.08. The third-order valence-electron chi connectivity index (χ3n) is 3.95. The van der Waals surface area contributed by atoms with Crippen LogP contribution in [-0.2, 0) is 28.5 Å². The van der Waals surface area contributed by atoms with Crippen molar-refractivity contribution in [3.05, 3.63) is 64.5 Å². The number of halogens is 6. The second-order valence-electron chi connectivity index (χ2n) is 6.18. The fourth-order valence-electron chi connectivity index (χ4n) is 2.59. The summed E-state index contributed by atoms with van der Waals surface area (Å²) in [6, 6.07) is 9.75. The van der Waals surface area contributed by atoms with Gasteiger partial charge in [0, 0.05) is 15.3 Å². The van der Waals surface area contributed by atoms with Gasteiger partial charge in [0.05, 0.1) is 17.7 Å². The average molecular weight is 446 g/mol. The van der Waals surface area contributed by atoms with Gasteiger partial charge in [0.2, 0.25) is 0 Å². The first-order valence-electron chi connectivity index (χ1n) is 8.29. The average Bonchev–Trinajstić information content (AvgIpc) is 3.07. The Kier molecular flexibility index (Phi) is 5.75. The second kappa shape index (κ2) is 7.98. The highest BCUT2D eigenvalue weighted by Crippen LogP contribution is 2.37. The molecule has 11 heteroatoms. The van der Waals surface area contributed by atoms with Crippen molar-refractivity contribution >= 4 is 38.9 Å². The van der Waals surface area contributed by atoms with Crippen LogP contribution in [0.25, 0.3) is 10.1 Å². The predicted molar refractivity (Wildman–Crippen MR) is 98.7 cm³/mol. The molecule has 0 bridgehead atoms. The first-order valence-corrected chi connectivity index (χ1v) is 9.11. The van der Waals surface area contributed by atoms with E-state index in [2.05, 4.69) is 5.32 Å². The number of alkyl halides is 6. The maximum atomic E-state index is 12.9. The molecule has 0 aliphatic rings. The predicted octanol–water partition coefficient (Wildman–Crippen LogP) is 5.19. The topological polar surface area (TPSA) is 58.2 Å². The molecule has 0 aliphatic heterocycles.